The quantitative estimate of drug-likeness (QED) is 0.134. The average molecular weight is 660 g/mol. The molecule has 1 heterocycles. The van der Waals surface area contributed by atoms with Crippen molar-refractivity contribution < 1.29 is 33.5 Å². The lowest BCUT2D eigenvalue weighted by atomic mass is 9.85. The number of Topliss-reactive ketones (excluding diaryl/α,β-unsaturated/α-hetero) is 1. The van der Waals surface area contributed by atoms with Crippen LogP contribution < -0.4 is 21.3 Å². The first-order valence-electron chi connectivity index (χ1n) is 17.0. The zero-order valence-corrected chi connectivity index (χ0v) is 29.8. The Morgan fingerprint density at radius 2 is 1.60 bits per heavy atom. The first kappa shape index (κ1) is 38.0. The maximum atomic E-state index is 14.1. The highest BCUT2D eigenvalue weighted by molar-refractivity contribution is 6.38. The van der Waals surface area contributed by atoms with Crippen LogP contribution >= 0.6 is 0 Å². The summed E-state index contributed by atoms with van der Waals surface area (Å²) in [5, 5.41) is 10.9. The lowest BCUT2D eigenvalue weighted by Crippen LogP contribution is -2.62. The molecule has 3 fully saturated rings. The molecular formula is C35H57N5O7. The Morgan fingerprint density at radius 1 is 0.979 bits per heavy atom. The number of fused-ring (bicyclic) bond motifs is 1. The summed E-state index contributed by atoms with van der Waals surface area (Å²) in [6.07, 6.45) is 5.62. The number of hydrogen-bond acceptors (Lipinski definition) is 7. The Kier molecular flexibility index (Phi) is 11.6. The van der Waals surface area contributed by atoms with E-state index in [4.69, 9.17) is 4.74 Å². The number of likely N-dealkylation sites (tertiary alicyclic amines) is 1. The Balaban J connectivity index is 1.71. The molecule has 2 aliphatic carbocycles. The Bertz CT molecular complexity index is 1240. The number of piperidine rings is 1. The molecule has 3 rings (SSSR count). The normalized spacial score (nSPS) is 23.9. The zero-order chi connectivity index (χ0) is 35.5. The van der Waals surface area contributed by atoms with Gasteiger partial charge in [-0.15, -0.1) is 6.58 Å². The molecule has 0 aromatic heterocycles. The van der Waals surface area contributed by atoms with Crippen molar-refractivity contribution in [1.82, 2.24) is 26.2 Å². The van der Waals surface area contributed by atoms with Crippen LogP contribution in [0.4, 0.5) is 4.79 Å². The highest BCUT2D eigenvalue weighted by atomic mass is 16.6. The summed E-state index contributed by atoms with van der Waals surface area (Å²) >= 11 is 0. The summed E-state index contributed by atoms with van der Waals surface area (Å²) in [5.74, 6) is -3.17. The van der Waals surface area contributed by atoms with Crippen molar-refractivity contribution in [2.24, 2.45) is 22.7 Å². The predicted molar refractivity (Wildman–Crippen MR) is 178 cm³/mol. The van der Waals surface area contributed by atoms with Gasteiger partial charge >= 0.3 is 12.0 Å². The van der Waals surface area contributed by atoms with Gasteiger partial charge in [-0.3, -0.25) is 24.0 Å². The van der Waals surface area contributed by atoms with Crippen LogP contribution in [0.3, 0.4) is 0 Å². The fourth-order valence-corrected chi connectivity index (χ4v) is 7.02. The number of urea groups is 1. The van der Waals surface area contributed by atoms with Crippen molar-refractivity contribution in [3.05, 3.63) is 12.7 Å². The number of allylic oxidation sites excluding steroid dienone is 1. The largest absolute Gasteiger partial charge is 0.459 e. The van der Waals surface area contributed by atoms with E-state index in [9.17, 15) is 28.8 Å². The lowest BCUT2D eigenvalue weighted by molar-refractivity contribution is -0.157. The van der Waals surface area contributed by atoms with Crippen LogP contribution in [0.2, 0.25) is 0 Å². The van der Waals surface area contributed by atoms with E-state index in [-0.39, 0.29) is 42.5 Å². The van der Waals surface area contributed by atoms with Crippen LogP contribution in [0.5, 0.6) is 0 Å². The molecule has 1 aliphatic heterocycles. The third-order valence-electron chi connectivity index (χ3n) is 9.79. The molecule has 0 radical (unpaired) electrons. The summed E-state index contributed by atoms with van der Waals surface area (Å²) in [5.41, 5.74) is -1.87. The molecule has 12 nitrogen and oxygen atoms in total. The van der Waals surface area contributed by atoms with Gasteiger partial charge in [0.25, 0.3) is 5.91 Å². The average Bonchev–Trinajstić information content (AvgIpc) is 3.30. The summed E-state index contributed by atoms with van der Waals surface area (Å²) in [4.78, 5) is 81.0. The maximum Gasteiger partial charge on any atom is 0.315 e. The fraction of sp³-hybridized carbons (Fsp3) is 0.771. The molecule has 12 heteroatoms. The van der Waals surface area contributed by atoms with Crippen LogP contribution in [-0.2, 0) is 28.7 Å². The number of esters is 1. The molecule has 0 spiro atoms. The van der Waals surface area contributed by atoms with Gasteiger partial charge in [0.1, 0.15) is 17.7 Å². The summed E-state index contributed by atoms with van der Waals surface area (Å²) in [6, 6.07) is -3.45. The fourth-order valence-electron chi connectivity index (χ4n) is 7.02. The van der Waals surface area contributed by atoms with Crippen molar-refractivity contribution in [3.8, 4) is 0 Å². The SMILES string of the molecule is C=CCC[C@H](NC(=O)[C@@H]1C2C(CN1C(=O)[C@@H](NC(=O)NC(C)(C)C)C(C)(C)C)C2(C)C)C(=O)C(=O)NCCC(=O)OC1(C)CCCC1. The smallest absolute Gasteiger partial charge is 0.315 e. The van der Waals surface area contributed by atoms with Gasteiger partial charge < -0.3 is 30.9 Å². The summed E-state index contributed by atoms with van der Waals surface area (Å²) in [7, 11) is 0. The number of ketones is 1. The second kappa shape index (κ2) is 14.4. The molecule has 2 saturated carbocycles. The van der Waals surface area contributed by atoms with Gasteiger partial charge in [0, 0.05) is 18.6 Å². The van der Waals surface area contributed by atoms with E-state index in [1.54, 1.807) is 6.08 Å². The zero-order valence-electron chi connectivity index (χ0n) is 29.8. The third kappa shape index (κ3) is 9.56. The minimum Gasteiger partial charge on any atom is -0.459 e. The van der Waals surface area contributed by atoms with Crippen LogP contribution in [-0.4, -0.2) is 82.8 Å². The number of rotatable bonds is 13. The van der Waals surface area contributed by atoms with Crippen molar-refractivity contribution in [1.29, 1.82) is 0 Å². The van der Waals surface area contributed by atoms with E-state index in [1.807, 2.05) is 62.3 Å². The minimum absolute atomic E-state index is 0.0723. The van der Waals surface area contributed by atoms with Gasteiger partial charge in [-0.1, -0.05) is 40.7 Å². The van der Waals surface area contributed by atoms with Crippen molar-refractivity contribution in [2.75, 3.05) is 13.1 Å². The van der Waals surface area contributed by atoms with Crippen LogP contribution in [0.25, 0.3) is 0 Å². The molecule has 47 heavy (non-hydrogen) atoms. The Hall–Kier alpha value is -3.44. The molecule has 0 bridgehead atoms. The van der Waals surface area contributed by atoms with Gasteiger partial charge in [0.05, 0.1) is 12.5 Å². The molecule has 0 aromatic carbocycles. The second-order valence-corrected chi connectivity index (χ2v) is 16.5. The van der Waals surface area contributed by atoms with Gasteiger partial charge in [-0.05, 0) is 88.9 Å². The van der Waals surface area contributed by atoms with Gasteiger partial charge in [0.15, 0.2) is 0 Å². The van der Waals surface area contributed by atoms with Crippen molar-refractivity contribution in [3.63, 3.8) is 0 Å². The predicted octanol–water partition coefficient (Wildman–Crippen LogP) is 3.38. The number of carbonyl (C=O) groups excluding carboxylic acids is 6. The lowest BCUT2D eigenvalue weighted by Gasteiger charge is -2.38. The van der Waals surface area contributed by atoms with Crippen molar-refractivity contribution >= 4 is 35.5 Å². The molecule has 0 aromatic rings. The van der Waals surface area contributed by atoms with E-state index >= 15 is 0 Å². The number of nitrogens with one attached hydrogen (secondary N) is 4. The van der Waals surface area contributed by atoms with Crippen LogP contribution in [0, 0.1) is 22.7 Å². The van der Waals surface area contributed by atoms with Gasteiger partial charge in [-0.25, -0.2) is 4.79 Å². The highest BCUT2D eigenvalue weighted by Crippen LogP contribution is 2.65. The van der Waals surface area contributed by atoms with E-state index < -0.39 is 64.3 Å². The first-order valence-corrected chi connectivity index (χ1v) is 17.0. The molecular weight excluding hydrogens is 602 g/mol. The van der Waals surface area contributed by atoms with E-state index in [2.05, 4.69) is 27.8 Å². The van der Waals surface area contributed by atoms with E-state index in [0.717, 1.165) is 25.7 Å². The Labute approximate surface area is 279 Å². The molecule has 2 unspecified atom stereocenters. The molecule has 5 amide bonds. The number of ether oxygens (including phenoxy) is 1. The highest BCUT2D eigenvalue weighted by Gasteiger charge is 2.70. The molecule has 5 atom stereocenters. The number of hydrogen-bond donors (Lipinski definition) is 4. The van der Waals surface area contributed by atoms with Gasteiger partial charge in [0.2, 0.25) is 17.6 Å². The maximum absolute atomic E-state index is 14.1. The van der Waals surface area contributed by atoms with Gasteiger partial charge in [-0.2, -0.15) is 0 Å². The van der Waals surface area contributed by atoms with Crippen LogP contribution in [0.15, 0.2) is 12.7 Å². The van der Waals surface area contributed by atoms with Crippen molar-refractivity contribution in [2.45, 2.75) is 137 Å². The molecule has 4 N–H and O–H groups in total. The topological polar surface area (TPSA) is 163 Å². The number of amides is 5. The number of nitrogens with zero attached hydrogens (tertiary/aromatic N) is 1. The van der Waals surface area contributed by atoms with E-state index in [0.29, 0.717) is 13.0 Å². The summed E-state index contributed by atoms with van der Waals surface area (Å²) < 4.78 is 5.59. The number of carbonyl (C=O) groups is 6. The second-order valence-electron chi connectivity index (χ2n) is 16.5. The monoisotopic (exact) mass is 659 g/mol. The van der Waals surface area contributed by atoms with E-state index in [1.165, 1.54) is 4.90 Å². The standard InChI is InChI=1S/C35H57N5O7/c1-11-12-15-22(26(42)29(44)36-19-16-23(41)47-35(10)17-13-14-18-35)37-28(43)25-24-21(34(24,8)9)20-40(25)30(45)27(32(2,3)4)38-31(46)39-33(5,6)7/h11,21-22,24-25,27H,1,12-20H2,2-10H3,(H,36,44)(H,37,43)(H2,38,39,46)/t21?,22-,24?,25-,27+/m0/s1. The Morgan fingerprint density at radius 3 is 2.15 bits per heavy atom. The van der Waals surface area contributed by atoms with Crippen LogP contribution in [0.1, 0.15) is 107 Å². The molecule has 264 valence electrons. The first-order chi connectivity index (χ1) is 21.6. The minimum atomic E-state index is -1.16. The third-order valence-corrected chi connectivity index (χ3v) is 9.79. The molecule has 1 saturated heterocycles. The summed E-state index contributed by atoms with van der Waals surface area (Å²) in [6.45, 7) is 21.0. The molecule has 3 aliphatic rings.